The summed E-state index contributed by atoms with van der Waals surface area (Å²) in [6, 6.07) is 1.23. The van der Waals surface area contributed by atoms with Crippen molar-refractivity contribution in [3.05, 3.63) is 29.6 Å². The molecule has 1 aromatic heterocycles. The molecule has 3 rings (SSSR count). The van der Waals surface area contributed by atoms with Gasteiger partial charge in [-0.1, -0.05) is 20.8 Å². The molecule has 2 aliphatic rings. The molecule has 2 fully saturated rings. The second-order valence-corrected chi connectivity index (χ2v) is 7.10. The van der Waals surface area contributed by atoms with Crippen molar-refractivity contribution in [3.63, 3.8) is 0 Å². The standard InChI is InChI=1S/C16H20F2N2O/c1-15(2)9-4-6-16(15,3)11(8-9)20-14(21)10-5-7-19-13(18)12(10)17/h5,7,9,11H,4,6,8H2,1-3H3,(H,20,21). The molecule has 1 heterocycles. The van der Waals surface area contributed by atoms with E-state index in [9.17, 15) is 13.6 Å². The van der Waals surface area contributed by atoms with Crippen LogP contribution >= 0.6 is 0 Å². The molecule has 0 saturated heterocycles. The zero-order valence-electron chi connectivity index (χ0n) is 12.5. The van der Waals surface area contributed by atoms with Crippen LogP contribution in [0, 0.1) is 28.5 Å². The Kier molecular flexibility index (Phi) is 3.08. The van der Waals surface area contributed by atoms with Crippen LogP contribution in [0.2, 0.25) is 0 Å². The maximum atomic E-state index is 13.7. The maximum Gasteiger partial charge on any atom is 0.254 e. The first-order valence-corrected chi connectivity index (χ1v) is 7.38. The Bertz CT molecular complexity index is 602. The average Bonchev–Trinajstić information content (AvgIpc) is 2.75. The minimum absolute atomic E-state index is 0.00868. The smallest absolute Gasteiger partial charge is 0.254 e. The first-order valence-electron chi connectivity index (χ1n) is 7.38. The fraction of sp³-hybridized carbons (Fsp3) is 0.625. The highest BCUT2D eigenvalue weighted by Gasteiger charge is 2.61. The van der Waals surface area contributed by atoms with E-state index in [1.54, 1.807) is 0 Å². The number of pyridine rings is 1. The van der Waals surface area contributed by atoms with Crippen molar-refractivity contribution in [2.75, 3.05) is 0 Å². The highest BCUT2D eigenvalue weighted by molar-refractivity contribution is 5.94. The lowest BCUT2D eigenvalue weighted by molar-refractivity contribution is 0.0821. The summed E-state index contributed by atoms with van der Waals surface area (Å²) < 4.78 is 26.8. The molecule has 5 heteroatoms. The lowest BCUT2D eigenvalue weighted by Crippen LogP contribution is -2.47. The number of rotatable bonds is 2. The van der Waals surface area contributed by atoms with Crippen LogP contribution < -0.4 is 5.32 Å². The van der Waals surface area contributed by atoms with Gasteiger partial charge in [-0.15, -0.1) is 0 Å². The normalized spacial score (nSPS) is 33.2. The van der Waals surface area contributed by atoms with Crippen molar-refractivity contribution in [2.45, 2.75) is 46.1 Å². The zero-order chi connectivity index (χ0) is 15.4. The predicted molar refractivity (Wildman–Crippen MR) is 74.6 cm³/mol. The van der Waals surface area contributed by atoms with Crippen LogP contribution in [0.4, 0.5) is 8.78 Å². The van der Waals surface area contributed by atoms with Crippen LogP contribution in [0.15, 0.2) is 12.3 Å². The quantitative estimate of drug-likeness (QED) is 0.850. The molecule has 1 aromatic rings. The molecule has 1 N–H and O–H groups in total. The fourth-order valence-corrected chi connectivity index (χ4v) is 4.25. The van der Waals surface area contributed by atoms with E-state index >= 15 is 0 Å². The van der Waals surface area contributed by atoms with Crippen molar-refractivity contribution >= 4 is 5.91 Å². The van der Waals surface area contributed by atoms with Crippen molar-refractivity contribution in [3.8, 4) is 0 Å². The van der Waals surface area contributed by atoms with Crippen molar-refractivity contribution < 1.29 is 13.6 Å². The van der Waals surface area contributed by atoms with E-state index < -0.39 is 17.7 Å². The molecular weight excluding hydrogens is 274 g/mol. The van der Waals surface area contributed by atoms with Crippen LogP contribution in [-0.2, 0) is 0 Å². The van der Waals surface area contributed by atoms with Gasteiger partial charge >= 0.3 is 0 Å². The molecule has 2 bridgehead atoms. The van der Waals surface area contributed by atoms with E-state index in [-0.39, 0.29) is 22.4 Å². The Hall–Kier alpha value is -1.52. The fourth-order valence-electron chi connectivity index (χ4n) is 4.25. The molecule has 3 nitrogen and oxygen atoms in total. The average molecular weight is 294 g/mol. The molecule has 0 radical (unpaired) electrons. The summed E-state index contributed by atoms with van der Waals surface area (Å²) in [5, 5.41) is 2.92. The third-order valence-electron chi connectivity index (χ3n) is 6.19. The molecule has 2 saturated carbocycles. The Morgan fingerprint density at radius 1 is 1.38 bits per heavy atom. The monoisotopic (exact) mass is 294 g/mol. The minimum atomic E-state index is -1.23. The van der Waals surface area contributed by atoms with Gasteiger partial charge in [0.15, 0.2) is 5.82 Å². The van der Waals surface area contributed by atoms with E-state index in [1.807, 2.05) is 0 Å². The molecule has 21 heavy (non-hydrogen) atoms. The molecule has 3 unspecified atom stereocenters. The van der Waals surface area contributed by atoms with Crippen LogP contribution in [0.5, 0.6) is 0 Å². The third-order valence-corrected chi connectivity index (χ3v) is 6.19. The summed E-state index contributed by atoms with van der Waals surface area (Å²) in [6.45, 7) is 6.67. The molecular formula is C16H20F2N2O. The zero-order valence-corrected chi connectivity index (χ0v) is 12.5. The number of nitrogens with zero attached hydrogens (tertiary/aromatic N) is 1. The largest absolute Gasteiger partial charge is 0.349 e. The van der Waals surface area contributed by atoms with Gasteiger partial charge in [0.2, 0.25) is 5.95 Å². The Labute approximate surface area is 123 Å². The number of halogens is 2. The van der Waals surface area contributed by atoms with E-state index in [1.165, 1.54) is 12.5 Å². The van der Waals surface area contributed by atoms with Gasteiger partial charge in [-0.2, -0.15) is 4.39 Å². The van der Waals surface area contributed by atoms with Crippen LogP contribution in [0.25, 0.3) is 0 Å². The van der Waals surface area contributed by atoms with E-state index in [4.69, 9.17) is 0 Å². The number of hydrogen-bond acceptors (Lipinski definition) is 2. The third kappa shape index (κ3) is 1.89. The highest BCUT2D eigenvalue weighted by Crippen LogP contribution is 2.65. The van der Waals surface area contributed by atoms with Crippen LogP contribution in [0.1, 0.15) is 50.4 Å². The van der Waals surface area contributed by atoms with Crippen LogP contribution in [0.3, 0.4) is 0 Å². The minimum Gasteiger partial charge on any atom is -0.349 e. The molecule has 1 amide bonds. The number of hydrogen-bond donors (Lipinski definition) is 1. The lowest BCUT2D eigenvalue weighted by atomic mass is 9.69. The Morgan fingerprint density at radius 2 is 2.10 bits per heavy atom. The SMILES string of the molecule is CC1(C)C2CCC1(C)C(NC(=O)c1ccnc(F)c1F)C2. The number of aromatic nitrogens is 1. The maximum absolute atomic E-state index is 13.7. The second kappa shape index (κ2) is 4.49. The summed E-state index contributed by atoms with van der Waals surface area (Å²) in [6.07, 6.45) is 4.25. The van der Waals surface area contributed by atoms with Gasteiger partial charge in [-0.3, -0.25) is 4.79 Å². The second-order valence-electron chi connectivity index (χ2n) is 7.10. The van der Waals surface area contributed by atoms with Crippen LogP contribution in [-0.4, -0.2) is 16.9 Å². The van der Waals surface area contributed by atoms with E-state index in [2.05, 4.69) is 31.1 Å². The van der Waals surface area contributed by atoms with Gasteiger partial charge in [0.25, 0.3) is 5.91 Å². The number of fused-ring (bicyclic) bond motifs is 2. The van der Waals surface area contributed by atoms with Crippen molar-refractivity contribution in [1.29, 1.82) is 0 Å². The molecule has 2 aliphatic carbocycles. The predicted octanol–water partition coefficient (Wildman–Crippen LogP) is 3.30. The number of amides is 1. The number of nitrogens with one attached hydrogen (secondary N) is 1. The Morgan fingerprint density at radius 3 is 2.67 bits per heavy atom. The molecule has 3 atom stereocenters. The van der Waals surface area contributed by atoms with Crippen molar-refractivity contribution in [1.82, 2.24) is 10.3 Å². The summed E-state index contributed by atoms with van der Waals surface area (Å²) >= 11 is 0. The Balaban J connectivity index is 1.82. The number of carbonyl (C=O) groups is 1. The highest BCUT2D eigenvalue weighted by atomic mass is 19.2. The molecule has 114 valence electrons. The summed E-state index contributed by atoms with van der Waals surface area (Å²) in [7, 11) is 0. The van der Waals surface area contributed by atoms with Gasteiger partial charge in [0.1, 0.15) is 0 Å². The summed E-state index contributed by atoms with van der Waals surface area (Å²) in [5.74, 6) is -2.39. The van der Waals surface area contributed by atoms with Crippen molar-refractivity contribution in [2.24, 2.45) is 16.7 Å². The summed E-state index contributed by atoms with van der Waals surface area (Å²) in [4.78, 5) is 15.5. The van der Waals surface area contributed by atoms with Gasteiger partial charge < -0.3 is 5.32 Å². The molecule has 0 spiro atoms. The molecule has 0 aromatic carbocycles. The lowest BCUT2D eigenvalue weighted by Gasteiger charge is -2.39. The first-order chi connectivity index (χ1) is 9.77. The first kappa shape index (κ1) is 14.4. The molecule has 0 aliphatic heterocycles. The van der Waals surface area contributed by atoms with E-state index in [0.29, 0.717) is 5.92 Å². The van der Waals surface area contributed by atoms with Gasteiger partial charge in [0, 0.05) is 12.2 Å². The number of carbonyl (C=O) groups excluding carboxylic acids is 1. The topological polar surface area (TPSA) is 42.0 Å². The van der Waals surface area contributed by atoms with Gasteiger partial charge in [0.05, 0.1) is 5.56 Å². The van der Waals surface area contributed by atoms with E-state index in [0.717, 1.165) is 19.0 Å². The summed E-state index contributed by atoms with van der Waals surface area (Å²) in [5.41, 5.74) is -0.103. The van der Waals surface area contributed by atoms with Gasteiger partial charge in [-0.25, -0.2) is 9.37 Å². The van der Waals surface area contributed by atoms with Gasteiger partial charge in [-0.05, 0) is 42.1 Å².